The van der Waals surface area contributed by atoms with Crippen LogP contribution in [0.25, 0.3) is 0 Å². The number of hydrogen-bond acceptors (Lipinski definition) is 5. The van der Waals surface area contributed by atoms with E-state index in [2.05, 4.69) is 33.0 Å². The number of piperazine rings is 1. The highest BCUT2D eigenvalue weighted by atomic mass is 79.9. The van der Waals surface area contributed by atoms with E-state index < -0.39 is 10.0 Å². The van der Waals surface area contributed by atoms with Gasteiger partial charge in [-0.15, -0.1) is 11.3 Å². The highest BCUT2D eigenvalue weighted by Crippen LogP contribution is 2.24. The molecular weight excluding hydrogens is 400 g/mol. The molecule has 2 saturated heterocycles. The number of rotatable bonds is 5. The lowest BCUT2D eigenvalue weighted by Gasteiger charge is -2.34. The van der Waals surface area contributed by atoms with E-state index in [0.717, 1.165) is 42.7 Å². The van der Waals surface area contributed by atoms with E-state index in [9.17, 15) is 8.42 Å². The Morgan fingerprint density at radius 2 is 2.00 bits per heavy atom. The molecule has 0 N–H and O–H groups in total. The Kier molecular flexibility index (Phi) is 6.14. The molecule has 0 spiro atoms. The van der Waals surface area contributed by atoms with Crippen LogP contribution in [0.3, 0.4) is 0 Å². The fourth-order valence-corrected chi connectivity index (χ4v) is 6.29. The zero-order valence-corrected chi connectivity index (χ0v) is 16.3. The minimum Gasteiger partial charge on any atom is -0.377 e. The number of nitrogens with zero attached hydrogens (tertiary/aromatic N) is 2. The average Bonchev–Trinajstić information content (AvgIpc) is 2.93. The number of hydrogen-bond donors (Lipinski definition) is 0. The summed E-state index contributed by atoms with van der Waals surface area (Å²) >= 11 is 5.22. The van der Waals surface area contributed by atoms with Crippen LogP contribution in [-0.4, -0.2) is 62.3 Å². The van der Waals surface area contributed by atoms with Crippen LogP contribution in [0.5, 0.6) is 0 Å². The molecule has 2 aliphatic rings. The molecule has 0 saturated carbocycles. The maximum absolute atomic E-state index is 12.5. The van der Waals surface area contributed by atoms with Gasteiger partial charge in [0.25, 0.3) is 0 Å². The monoisotopic (exact) mass is 422 g/mol. The lowest BCUT2D eigenvalue weighted by Crippen LogP contribution is -2.50. The van der Waals surface area contributed by atoms with Crippen LogP contribution in [0.1, 0.15) is 24.1 Å². The minimum absolute atomic E-state index is 0.116. The lowest BCUT2D eigenvalue weighted by molar-refractivity contribution is 0.0296. The molecule has 0 radical (unpaired) electrons. The van der Waals surface area contributed by atoms with Crippen molar-refractivity contribution in [3.05, 3.63) is 20.8 Å². The second kappa shape index (κ2) is 7.93. The van der Waals surface area contributed by atoms with Crippen molar-refractivity contribution in [2.24, 2.45) is 0 Å². The molecule has 3 rings (SSSR count). The zero-order chi connectivity index (χ0) is 16.3. The predicted molar refractivity (Wildman–Crippen MR) is 96.2 cm³/mol. The molecule has 2 fully saturated rings. The van der Waals surface area contributed by atoms with Gasteiger partial charge in [-0.25, -0.2) is 8.42 Å². The van der Waals surface area contributed by atoms with Gasteiger partial charge in [0, 0.05) is 44.2 Å². The van der Waals surface area contributed by atoms with Gasteiger partial charge in [0.1, 0.15) is 0 Å². The largest absolute Gasteiger partial charge is 0.377 e. The van der Waals surface area contributed by atoms with E-state index >= 15 is 0 Å². The third-order valence-corrected chi connectivity index (χ3v) is 7.96. The Labute approximate surface area is 150 Å². The summed E-state index contributed by atoms with van der Waals surface area (Å²) < 4.78 is 33.5. The molecule has 1 unspecified atom stereocenters. The standard InChI is InChI=1S/C15H23BrN2O3S2/c16-15-5-4-14(22-15)11-17-6-8-18(9-7-17)23(19,20)12-13-3-1-2-10-21-13/h4-5,13H,1-3,6-12H2. The highest BCUT2D eigenvalue weighted by molar-refractivity contribution is 9.11. The van der Waals surface area contributed by atoms with Crippen LogP contribution in [0, 0.1) is 0 Å². The fraction of sp³-hybridized carbons (Fsp3) is 0.733. The van der Waals surface area contributed by atoms with Crippen LogP contribution in [0.15, 0.2) is 15.9 Å². The molecule has 0 amide bonds. The Morgan fingerprint density at radius 1 is 1.22 bits per heavy atom. The summed E-state index contributed by atoms with van der Waals surface area (Å²) in [6, 6.07) is 4.18. The zero-order valence-electron chi connectivity index (χ0n) is 13.1. The minimum atomic E-state index is -3.20. The summed E-state index contributed by atoms with van der Waals surface area (Å²) in [6.45, 7) is 4.35. The molecule has 3 heterocycles. The summed E-state index contributed by atoms with van der Waals surface area (Å²) in [7, 11) is -3.20. The predicted octanol–water partition coefficient (Wildman–Crippen LogP) is 2.53. The summed E-state index contributed by atoms with van der Waals surface area (Å²) in [5.74, 6) is 0.144. The van der Waals surface area contributed by atoms with E-state index in [1.807, 2.05) is 0 Å². The Hall–Kier alpha value is 0.01000. The SMILES string of the molecule is O=S(=O)(CC1CCCCO1)N1CCN(Cc2ccc(Br)s2)CC1. The van der Waals surface area contributed by atoms with Gasteiger partial charge in [-0.05, 0) is 47.3 Å². The number of thiophene rings is 1. The van der Waals surface area contributed by atoms with E-state index in [4.69, 9.17) is 4.74 Å². The van der Waals surface area contributed by atoms with Gasteiger partial charge in [-0.3, -0.25) is 4.90 Å². The van der Waals surface area contributed by atoms with Gasteiger partial charge < -0.3 is 4.74 Å². The second-order valence-corrected chi connectivity index (χ2v) is 10.7. The molecule has 0 bridgehead atoms. The van der Waals surface area contributed by atoms with Crippen LogP contribution in [-0.2, 0) is 21.3 Å². The van der Waals surface area contributed by atoms with E-state index in [1.165, 1.54) is 4.88 Å². The Morgan fingerprint density at radius 3 is 2.61 bits per heavy atom. The molecule has 8 heteroatoms. The molecule has 1 aromatic heterocycles. The molecule has 1 atom stereocenters. The van der Waals surface area contributed by atoms with E-state index in [0.29, 0.717) is 19.7 Å². The number of sulfonamides is 1. The van der Waals surface area contributed by atoms with Crippen molar-refractivity contribution in [3.63, 3.8) is 0 Å². The second-order valence-electron chi connectivity index (χ2n) is 6.15. The van der Waals surface area contributed by atoms with Crippen molar-refractivity contribution >= 4 is 37.3 Å². The number of ether oxygens (including phenoxy) is 1. The van der Waals surface area contributed by atoms with Crippen LogP contribution in [0.4, 0.5) is 0 Å². The van der Waals surface area contributed by atoms with Crippen molar-refractivity contribution in [3.8, 4) is 0 Å². The molecular formula is C15H23BrN2O3S2. The summed E-state index contributed by atoms with van der Waals surface area (Å²) in [6.07, 6.45) is 2.88. The first-order chi connectivity index (χ1) is 11.0. The molecule has 23 heavy (non-hydrogen) atoms. The van der Waals surface area contributed by atoms with Crippen molar-refractivity contribution in [2.45, 2.75) is 31.9 Å². The van der Waals surface area contributed by atoms with Crippen molar-refractivity contribution in [2.75, 3.05) is 38.5 Å². The first-order valence-electron chi connectivity index (χ1n) is 8.09. The number of halogens is 1. The van der Waals surface area contributed by atoms with Crippen molar-refractivity contribution < 1.29 is 13.2 Å². The molecule has 0 aromatic carbocycles. The van der Waals surface area contributed by atoms with Gasteiger partial charge in [-0.2, -0.15) is 4.31 Å². The first-order valence-corrected chi connectivity index (χ1v) is 11.3. The average molecular weight is 423 g/mol. The smallest absolute Gasteiger partial charge is 0.216 e. The van der Waals surface area contributed by atoms with Crippen molar-refractivity contribution in [1.82, 2.24) is 9.21 Å². The lowest BCUT2D eigenvalue weighted by atomic mass is 10.1. The van der Waals surface area contributed by atoms with Crippen LogP contribution in [0.2, 0.25) is 0 Å². The maximum atomic E-state index is 12.5. The van der Waals surface area contributed by atoms with Crippen LogP contribution >= 0.6 is 27.3 Å². The Bertz CT molecular complexity index is 606. The van der Waals surface area contributed by atoms with Crippen LogP contribution < -0.4 is 0 Å². The van der Waals surface area contributed by atoms with Gasteiger partial charge in [0.2, 0.25) is 10.0 Å². The van der Waals surface area contributed by atoms with E-state index in [1.54, 1.807) is 15.6 Å². The summed E-state index contributed by atoms with van der Waals surface area (Å²) in [5.41, 5.74) is 0. The third-order valence-electron chi connectivity index (χ3n) is 4.40. The summed E-state index contributed by atoms with van der Waals surface area (Å²) in [5, 5.41) is 0. The molecule has 0 aliphatic carbocycles. The summed E-state index contributed by atoms with van der Waals surface area (Å²) in [4.78, 5) is 3.63. The normalized spacial score (nSPS) is 24.8. The van der Waals surface area contributed by atoms with E-state index in [-0.39, 0.29) is 11.9 Å². The first kappa shape index (κ1) is 17.8. The van der Waals surface area contributed by atoms with Crippen molar-refractivity contribution in [1.29, 1.82) is 0 Å². The highest BCUT2D eigenvalue weighted by Gasteiger charge is 2.30. The molecule has 5 nitrogen and oxygen atoms in total. The molecule has 130 valence electrons. The maximum Gasteiger partial charge on any atom is 0.216 e. The third kappa shape index (κ3) is 4.99. The topological polar surface area (TPSA) is 49.9 Å². The quantitative estimate of drug-likeness (QED) is 0.731. The molecule has 2 aliphatic heterocycles. The Balaban J connectivity index is 1.49. The molecule has 1 aromatic rings. The van der Waals surface area contributed by atoms with Gasteiger partial charge in [0.05, 0.1) is 15.6 Å². The fourth-order valence-electron chi connectivity index (χ4n) is 3.10. The van der Waals surface area contributed by atoms with Gasteiger partial charge >= 0.3 is 0 Å². The van der Waals surface area contributed by atoms with Gasteiger partial charge in [-0.1, -0.05) is 0 Å². The van der Waals surface area contributed by atoms with Gasteiger partial charge in [0.15, 0.2) is 0 Å².